The summed E-state index contributed by atoms with van der Waals surface area (Å²) in [6.07, 6.45) is 2.43. The zero-order chi connectivity index (χ0) is 21.6. The lowest BCUT2D eigenvalue weighted by Crippen LogP contribution is -2.18. The third-order valence-electron chi connectivity index (χ3n) is 4.85. The maximum Gasteiger partial charge on any atom is 0.261 e. The largest absolute Gasteiger partial charge is 0.371 e. The number of aromatic nitrogens is 5. The minimum absolute atomic E-state index is 0.101. The van der Waals surface area contributed by atoms with E-state index in [0.29, 0.717) is 35.9 Å². The maximum absolute atomic E-state index is 12.6. The molecule has 1 aromatic carbocycles. The van der Waals surface area contributed by atoms with E-state index >= 15 is 0 Å². The van der Waals surface area contributed by atoms with Crippen molar-refractivity contribution in [3.63, 3.8) is 0 Å². The van der Waals surface area contributed by atoms with Crippen molar-refractivity contribution in [3.8, 4) is 0 Å². The van der Waals surface area contributed by atoms with Crippen LogP contribution < -0.4 is 20.9 Å². The summed E-state index contributed by atoms with van der Waals surface area (Å²) < 4.78 is 1.73. The van der Waals surface area contributed by atoms with Crippen molar-refractivity contribution in [3.05, 3.63) is 24.3 Å². The van der Waals surface area contributed by atoms with E-state index in [1.165, 1.54) is 24.6 Å². The lowest BCUT2D eigenvalue weighted by Gasteiger charge is -2.18. The van der Waals surface area contributed by atoms with Crippen molar-refractivity contribution < 1.29 is 4.79 Å². The van der Waals surface area contributed by atoms with Crippen molar-refractivity contribution in [1.82, 2.24) is 24.6 Å². The Morgan fingerprint density at radius 3 is 2.68 bits per heavy atom. The molecule has 1 fully saturated rings. The second-order valence-electron chi connectivity index (χ2n) is 7.13. The number of benzene rings is 1. The molecule has 0 saturated carbocycles. The lowest BCUT2D eigenvalue weighted by molar-refractivity contribution is -0.113. The van der Waals surface area contributed by atoms with Crippen molar-refractivity contribution in [1.29, 1.82) is 0 Å². The van der Waals surface area contributed by atoms with E-state index in [4.69, 9.17) is 0 Å². The number of anilines is 4. The van der Waals surface area contributed by atoms with Crippen LogP contribution in [0.5, 0.6) is 0 Å². The van der Waals surface area contributed by atoms with Crippen LogP contribution in [-0.4, -0.2) is 62.4 Å². The smallest absolute Gasteiger partial charge is 0.261 e. The fourth-order valence-electron chi connectivity index (χ4n) is 3.48. The number of nitrogens with one attached hydrogen (secondary N) is 3. The van der Waals surface area contributed by atoms with Crippen LogP contribution in [0, 0.1) is 0 Å². The van der Waals surface area contributed by atoms with E-state index in [1.807, 2.05) is 32.0 Å². The molecule has 3 N–H and O–H groups in total. The third kappa shape index (κ3) is 4.98. The van der Waals surface area contributed by atoms with E-state index in [2.05, 4.69) is 47.1 Å². The fraction of sp³-hybridized carbons (Fsp3) is 0.450. The molecule has 1 aliphatic heterocycles. The van der Waals surface area contributed by atoms with Crippen LogP contribution in [0.4, 0.5) is 23.3 Å². The number of carbonyl (C=O) groups is 1. The van der Waals surface area contributed by atoms with Gasteiger partial charge >= 0.3 is 0 Å². The van der Waals surface area contributed by atoms with Crippen molar-refractivity contribution in [2.75, 3.05) is 52.8 Å². The van der Waals surface area contributed by atoms with Gasteiger partial charge in [-0.25, -0.2) is 4.40 Å². The molecule has 10 nitrogen and oxygen atoms in total. The van der Waals surface area contributed by atoms with Gasteiger partial charge in [0, 0.05) is 37.6 Å². The Bertz CT molecular complexity index is 1050. The standard InChI is InChI=1S/C20H27N9OS/c1-3-21-17-24-18(22-4-2)29-19(25-17)26-27-20(29)31-13-16(30)23-14-8-7-9-15(12-14)28-10-5-6-11-28/h7-9,12H,3-6,10-11,13H2,1-2H3,(H,23,30)(H2,21,22,24,25,26). The number of fused-ring (bicyclic) bond motifs is 1. The van der Waals surface area contributed by atoms with Crippen LogP contribution in [-0.2, 0) is 4.79 Å². The topological polar surface area (TPSA) is 112 Å². The van der Waals surface area contributed by atoms with Gasteiger partial charge in [-0.1, -0.05) is 17.8 Å². The minimum atomic E-state index is -0.101. The molecule has 1 amide bonds. The Balaban J connectivity index is 1.44. The zero-order valence-electron chi connectivity index (χ0n) is 17.8. The number of hydrogen-bond acceptors (Lipinski definition) is 9. The van der Waals surface area contributed by atoms with E-state index in [0.717, 1.165) is 24.5 Å². The molecule has 4 rings (SSSR count). The van der Waals surface area contributed by atoms with E-state index in [-0.39, 0.29) is 11.7 Å². The van der Waals surface area contributed by atoms with Gasteiger partial charge in [0.25, 0.3) is 5.78 Å². The van der Waals surface area contributed by atoms with Crippen LogP contribution in [0.3, 0.4) is 0 Å². The van der Waals surface area contributed by atoms with Crippen molar-refractivity contribution in [2.45, 2.75) is 31.8 Å². The van der Waals surface area contributed by atoms with Crippen LogP contribution >= 0.6 is 11.8 Å². The summed E-state index contributed by atoms with van der Waals surface area (Å²) in [4.78, 5) is 23.8. The number of amides is 1. The van der Waals surface area contributed by atoms with Crippen LogP contribution in [0.2, 0.25) is 0 Å². The van der Waals surface area contributed by atoms with E-state index < -0.39 is 0 Å². The lowest BCUT2D eigenvalue weighted by atomic mass is 10.2. The Morgan fingerprint density at radius 1 is 1.10 bits per heavy atom. The highest BCUT2D eigenvalue weighted by molar-refractivity contribution is 7.99. The Hall–Kier alpha value is -3.08. The van der Waals surface area contributed by atoms with Crippen LogP contribution in [0.1, 0.15) is 26.7 Å². The maximum atomic E-state index is 12.6. The Kier molecular flexibility index (Phi) is 6.70. The summed E-state index contributed by atoms with van der Waals surface area (Å²) in [6.45, 7) is 7.50. The molecule has 1 aliphatic rings. The summed E-state index contributed by atoms with van der Waals surface area (Å²) in [5.74, 6) is 1.62. The summed E-state index contributed by atoms with van der Waals surface area (Å²) in [7, 11) is 0. The highest BCUT2D eigenvalue weighted by Crippen LogP contribution is 2.24. The summed E-state index contributed by atoms with van der Waals surface area (Å²) in [5, 5.41) is 18.2. The average Bonchev–Trinajstić information content (AvgIpc) is 3.43. The molecule has 0 spiro atoms. The Labute approximate surface area is 185 Å². The van der Waals surface area contributed by atoms with E-state index in [9.17, 15) is 4.79 Å². The number of rotatable bonds is 9. The molecule has 0 unspecified atom stereocenters. The number of nitrogens with zero attached hydrogens (tertiary/aromatic N) is 6. The minimum Gasteiger partial charge on any atom is -0.371 e. The summed E-state index contributed by atoms with van der Waals surface area (Å²) in [5.41, 5.74) is 1.95. The van der Waals surface area contributed by atoms with Gasteiger partial charge < -0.3 is 20.9 Å². The molecule has 11 heteroatoms. The molecular formula is C20H27N9OS. The van der Waals surface area contributed by atoms with Gasteiger partial charge in [0.1, 0.15) is 0 Å². The first-order chi connectivity index (χ1) is 15.2. The van der Waals surface area contributed by atoms with Gasteiger partial charge in [-0.15, -0.1) is 10.2 Å². The number of carbonyl (C=O) groups excluding carboxylic acids is 1. The predicted octanol–water partition coefficient (Wildman–Crippen LogP) is 2.71. The molecular weight excluding hydrogens is 414 g/mol. The van der Waals surface area contributed by atoms with E-state index in [1.54, 1.807) is 4.40 Å². The molecule has 3 aromatic rings. The van der Waals surface area contributed by atoms with Gasteiger partial charge in [0.05, 0.1) is 5.75 Å². The van der Waals surface area contributed by atoms with Gasteiger partial charge in [-0.05, 0) is 44.9 Å². The second kappa shape index (κ2) is 9.82. The van der Waals surface area contributed by atoms with Gasteiger partial charge in [-0.2, -0.15) is 9.97 Å². The van der Waals surface area contributed by atoms with Gasteiger partial charge in [0.15, 0.2) is 5.16 Å². The monoisotopic (exact) mass is 441 g/mol. The first-order valence-electron chi connectivity index (χ1n) is 10.6. The summed E-state index contributed by atoms with van der Waals surface area (Å²) in [6, 6.07) is 8.00. The molecule has 0 radical (unpaired) electrons. The number of hydrogen-bond donors (Lipinski definition) is 3. The third-order valence-corrected chi connectivity index (χ3v) is 5.78. The second-order valence-corrected chi connectivity index (χ2v) is 8.07. The zero-order valence-corrected chi connectivity index (χ0v) is 18.6. The molecule has 0 bridgehead atoms. The van der Waals surface area contributed by atoms with Crippen molar-refractivity contribution >= 4 is 46.7 Å². The summed E-state index contributed by atoms with van der Waals surface area (Å²) >= 11 is 1.30. The molecule has 164 valence electrons. The SMILES string of the molecule is CCNc1nc(NCC)n2c(SCC(=O)Nc3cccc(N4CCCC4)c3)nnc2n1. The normalized spacial score (nSPS) is 13.5. The van der Waals surface area contributed by atoms with Crippen LogP contribution in [0.25, 0.3) is 5.78 Å². The highest BCUT2D eigenvalue weighted by atomic mass is 32.2. The molecule has 0 aliphatic carbocycles. The van der Waals surface area contributed by atoms with Crippen LogP contribution in [0.15, 0.2) is 29.4 Å². The first kappa shape index (κ1) is 21.2. The molecule has 3 heterocycles. The molecule has 2 aromatic heterocycles. The predicted molar refractivity (Wildman–Crippen MR) is 124 cm³/mol. The number of thioether (sulfide) groups is 1. The molecule has 1 saturated heterocycles. The highest BCUT2D eigenvalue weighted by Gasteiger charge is 2.16. The first-order valence-corrected chi connectivity index (χ1v) is 11.5. The quantitative estimate of drug-likeness (QED) is 0.431. The molecule has 0 atom stereocenters. The Morgan fingerprint density at radius 2 is 1.90 bits per heavy atom. The average molecular weight is 442 g/mol. The van der Waals surface area contributed by atoms with Crippen molar-refractivity contribution in [2.24, 2.45) is 0 Å². The van der Waals surface area contributed by atoms with Gasteiger partial charge in [0.2, 0.25) is 17.8 Å². The van der Waals surface area contributed by atoms with Gasteiger partial charge in [-0.3, -0.25) is 4.79 Å². The fourth-order valence-corrected chi connectivity index (χ4v) is 4.21. The molecule has 31 heavy (non-hydrogen) atoms.